The second-order valence-electron chi connectivity index (χ2n) is 4.52. The van der Waals surface area contributed by atoms with Crippen molar-refractivity contribution < 1.29 is 18.3 Å². The zero-order chi connectivity index (χ0) is 15.7. The normalized spacial score (nSPS) is 11.3. The lowest BCUT2D eigenvalue weighted by Crippen LogP contribution is -2.10. The first-order valence-electron chi connectivity index (χ1n) is 6.30. The molecular formula is C14H10ClF2N3O2. The Balaban J connectivity index is 1.74. The summed E-state index contributed by atoms with van der Waals surface area (Å²) < 4.78 is 30.9. The lowest BCUT2D eigenvalue weighted by atomic mass is 10.2. The van der Waals surface area contributed by atoms with Crippen LogP contribution in [0.25, 0.3) is 10.9 Å². The van der Waals surface area contributed by atoms with Crippen LogP contribution in [0.15, 0.2) is 36.7 Å². The van der Waals surface area contributed by atoms with Gasteiger partial charge in [-0.1, -0.05) is 11.6 Å². The minimum atomic E-state index is -2.73. The summed E-state index contributed by atoms with van der Waals surface area (Å²) in [6.07, 6.45) is 2.35. The number of carbonyl (C=O) groups is 1. The highest BCUT2D eigenvalue weighted by molar-refractivity contribution is 6.31. The second kappa shape index (κ2) is 5.76. The van der Waals surface area contributed by atoms with Gasteiger partial charge in [-0.05, 0) is 24.3 Å². The van der Waals surface area contributed by atoms with Crippen molar-refractivity contribution in [3.05, 3.63) is 53.2 Å². The quantitative estimate of drug-likeness (QED) is 0.743. The molecule has 2 aromatic heterocycles. The van der Waals surface area contributed by atoms with Gasteiger partial charge in [-0.15, -0.1) is 0 Å². The number of benzene rings is 1. The van der Waals surface area contributed by atoms with E-state index in [-0.39, 0.29) is 18.1 Å². The second-order valence-corrected chi connectivity index (χ2v) is 4.96. The maximum Gasteiger partial charge on any atom is 0.355 e. The average Bonchev–Trinajstić information content (AvgIpc) is 3.10. The molecule has 0 unspecified atom stereocenters. The van der Waals surface area contributed by atoms with Crippen LogP contribution >= 0.6 is 11.6 Å². The number of esters is 1. The molecule has 0 aliphatic heterocycles. The minimum absolute atomic E-state index is 0.0255. The molecule has 22 heavy (non-hydrogen) atoms. The van der Waals surface area contributed by atoms with Gasteiger partial charge in [0.15, 0.2) is 5.82 Å². The van der Waals surface area contributed by atoms with E-state index in [1.165, 1.54) is 6.20 Å². The van der Waals surface area contributed by atoms with Gasteiger partial charge in [-0.2, -0.15) is 8.78 Å². The maximum atomic E-state index is 12.6. The first-order valence-corrected chi connectivity index (χ1v) is 6.67. The van der Waals surface area contributed by atoms with Crippen molar-refractivity contribution in [3.8, 4) is 0 Å². The van der Waals surface area contributed by atoms with Gasteiger partial charge in [0.1, 0.15) is 12.3 Å². The largest absolute Gasteiger partial charge is 0.453 e. The van der Waals surface area contributed by atoms with E-state index in [0.717, 1.165) is 17.1 Å². The fourth-order valence-electron chi connectivity index (χ4n) is 2.05. The molecule has 114 valence electrons. The van der Waals surface area contributed by atoms with Gasteiger partial charge in [-0.25, -0.2) is 9.78 Å². The third kappa shape index (κ3) is 2.80. The summed E-state index contributed by atoms with van der Waals surface area (Å²) in [5.74, 6) is -0.682. The van der Waals surface area contributed by atoms with Gasteiger partial charge in [0.05, 0.1) is 0 Å². The van der Waals surface area contributed by atoms with Crippen LogP contribution < -0.4 is 0 Å². The van der Waals surface area contributed by atoms with Crippen molar-refractivity contribution in [2.24, 2.45) is 0 Å². The molecule has 8 heteroatoms. The van der Waals surface area contributed by atoms with E-state index in [1.54, 1.807) is 24.3 Å². The van der Waals surface area contributed by atoms with Crippen LogP contribution in [-0.2, 0) is 11.3 Å². The summed E-state index contributed by atoms with van der Waals surface area (Å²) in [6, 6.07) is 6.71. The summed E-state index contributed by atoms with van der Waals surface area (Å²) in [5.41, 5.74) is 0.942. The van der Waals surface area contributed by atoms with Crippen LogP contribution in [0, 0.1) is 0 Å². The van der Waals surface area contributed by atoms with Gasteiger partial charge in [0.25, 0.3) is 0 Å². The molecule has 0 aliphatic rings. The van der Waals surface area contributed by atoms with E-state index in [1.807, 2.05) is 0 Å². The number of aromatic amines is 1. The van der Waals surface area contributed by atoms with E-state index in [9.17, 15) is 13.6 Å². The van der Waals surface area contributed by atoms with Crippen molar-refractivity contribution in [2.75, 3.05) is 0 Å². The Morgan fingerprint density at radius 2 is 2.23 bits per heavy atom. The molecular weight excluding hydrogens is 316 g/mol. The number of alkyl halides is 2. The first kappa shape index (κ1) is 14.5. The number of rotatable bonds is 4. The highest BCUT2D eigenvalue weighted by Gasteiger charge is 2.15. The number of aromatic nitrogens is 3. The highest BCUT2D eigenvalue weighted by atomic mass is 35.5. The van der Waals surface area contributed by atoms with Crippen molar-refractivity contribution in [1.29, 1.82) is 0 Å². The van der Waals surface area contributed by atoms with Crippen LogP contribution in [0.1, 0.15) is 22.9 Å². The maximum absolute atomic E-state index is 12.6. The Bertz CT molecular complexity index is 828. The van der Waals surface area contributed by atoms with Gasteiger partial charge in [-0.3, -0.25) is 4.57 Å². The Hall–Kier alpha value is -2.41. The van der Waals surface area contributed by atoms with E-state index in [2.05, 4.69) is 9.97 Å². The number of hydrogen-bond acceptors (Lipinski definition) is 3. The number of hydrogen-bond donors (Lipinski definition) is 1. The molecule has 3 rings (SSSR count). The van der Waals surface area contributed by atoms with Crippen molar-refractivity contribution >= 4 is 28.5 Å². The fourth-order valence-corrected chi connectivity index (χ4v) is 2.24. The van der Waals surface area contributed by atoms with Crippen molar-refractivity contribution in [2.45, 2.75) is 13.2 Å². The number of halogens is 3. The summed E-state index contributed by atoms with van der Waals surface area (Å²) in [5, 5.41) is 1.30. The number of nitrogens with one attached hydrogen (secondary N) is 1. The molecule has 0 atom stereocenters. The van der Waals surface area contributed by atoms with E-state index < -0.39 is 12.5 Å². The Kier molecular flexibility index (Phi) is 3.81. The van der Waals surface area contributed by atoms with Crippen molar-refractivity contribution in [3.63, 3.8) is 0 Å². The van der Waals surface area contributed by atoms with Crippen LogP contribution in [0.2, 0.25) is 5.02 Å². The zero-order valence-corrected chi connectivity index (χ0v) is 11.8. The molecule has 0 fully saturated rings. The molecule has 3 aromatic rings. The Labute approximate surface area is 128 Å². The number of imidazole rings is 1. The predicted octanol–water partition coefficient (Wildman–Crippen LogP) is 3.77. The molecule has 2 heterocycles. The molecule has 0 radical (unpaired) electrons. The Morgan fingerprint density at radius 1 is 1.41 bits per heavy atom. The standard InChI is InChI=1S/C14H10ClF2N3O2/c15-9-1-2-10-8(5-9)6-11(19-10)13(21)22-7-12-18-3-4-20(12)14(16)17/h1-6,14,19H,7H2. The predicted molar refractivity (Wildman–Crippen MR) is 75.9 cm³/mol. The molecule has 5 nitrogen and oxygen atoms in total. The zero-order valence-electron chi connectivity index (χ0n) is 11.1. The van der Waals surface area contributed by atoms with Gasteiger partial charge < -0.3 is 9.72 Å². The van der Waals surface area contributed by atoms with Crippen LogP contribution in [0.5, 0.6) is 0 Å². The van der Waals surface area contributed by atoms with Crippen LogP contribution in [-0.4, -0.2) is 20.5 Å². The molecule has 0 saturated heterocycles. The average molecular weight is 326 g/mol. The molecule has 0 bridgehead atoms. The lowest BCUT2D eigenvalue weighted by Gasteiger charge is -2.06. The van der Waals surface area contributed by atoms with Crippen LogP contribution in [0.4, 0.5) is 8.78 Å². The van der Waals surface area contributed by atoms with Gasteiger partial charge in [0, 0.05) is 28.3 Å². The molecule has 0 amide bonds. The van der Waals surface area contributed by atoms with E-state index >= 15 is 0 Å². The molecule has 0 spiro atoms. The smallest absolute Gasteiger partial charge is 0.355 e. The third-order valence-electron chi connectivity index (χ3n) is 3.09. The number of nitrogens with zero attached hydrogens (tertiary/aromatic N) is 2. The topological polar surface area (TPSA) is 59.9 Å². The van der Waals surface area contributed by atoms with Crippen LogP contribution in [0.3, 0.4) is 0 Å². The van der Waals surface area contributed by atoms with Crippen molar-refractivity contribution in [1.82, 2.24) is 14.5 Å². The molecule has 0 saturated carbocycles. The summed E-state index contributed by atoms with van der Waals surface area (Å²) in [4.78, 5) is 18.6. The van der Waals surface area contributed by atoms with E-state index in [0.29, 0.717) is 9.59 Å². The third-order valence-corrected chi connectivity index (χ3v) is 3.33. The van der Waals surface area contributed by atoms with Gasteiger partial charge >= 0.3 is 12.5 Å². The Morgan fingerprint density at radius 3 is 3.00 bits per heavy atom. The molecule has 0 aliphatic carbocycles. The number of carbonyl (C=O) groups excluding carboxylic acids is 1. The number of ether oxygens (including phenoxy) is 1. The monoisotopic (exact) mass is 325 g/mol. The summed E-state index contributed by atoms with van der Waals surface area (Å²) in [6.45, 7) is -3.07. The fraction of sp³-hybridized carbons (Fsp3) is 0.143. The number of H-pyrrole nitrogens is 1. The number of fused-ring (bicyclic) bond motifs is 1. The first-order chi connectivity index (χ1) is 10.5. The lowest BCUT2D eigenvalue weighted by molar-refractivity contribution is 0.0371. The van der Waals surface area contributed by atoms with Gasteiger partial charge in [0.2, 0.25) is 0 Å². The summed E-state index contributed by atoms with van der Waals surface area (Å²) in [7, 11) is 0. The summed E-state index contributed by atoms with van der Waals surface area (Å²) >= 11 is 5.87. The minimum Gasteiger partial charge on any atom is -0.453 e. The molecule has 1 N–H and O–H groups in total. The SMILES string of the molecule is O=C(OCc1nccn1C(F)F)c1cc2cc(Cl)ccc2[nH]1. The highest BCUT2D eigenvalue weighted by Crippen LogP contribution is 2.21. The molecule has 1 aromatic carbocycles. The van der Waals surface area contributed by atoms with E-state index in [4.69, 9.17) is 16.3 Å².